The number of fused-ring (bicyclic) bond motifs is 1. The van der Waals surface area contributed by atoms with E-state index >= 15 is 0 Å². The molecule has 0 saturated carbocycles. The third kappa shape index (κ3) is 4.30. The first-order chi connectivity index (χ1) is 9.66. The predicted octanol–water partition coefficient (Wildman–Crippen LogP) is 3.69. The van der Waals surface area contributed by atoms with Gasteiger partial charge in [0, 0.05) is 23.9 Å². The molecule has 110 valence electrons. The van der Waals surface area contributed by atoms with E-state index in [0.717, 1.165) is 37.0 Å². The topological polar surface area (TPSA) is 55.8 Å². The lowest BCUT2D eigenvalue weighted by Crippen LogP contribution is -1.97. The average molecular weight is 299 g/mol. The molecule has 0 unspecified atom stereocenters. The summed E-state index contributed by atoms with van der Waals surface area (Å²) in [6.07, 6.45) is 4.45. The van der Waals surface area contributed by atoms with Crippen LogP contribution < -0.4 is 9.47 Å². The van der Waals surface area contributed by atoms with Gasteiger partial charge in [-0.1, -0.05) is 18.0 Å². The predicted molar refractivity (Wildman–Crippen MR) is 76.9 cm³/mol. The zero-order valence-corrected chi connectivity index (χ0v) is 12.1. The molecule has 0 aromatic heterocycles. The van der Waals surface area contributed by atoms with Gasteiger partial charge in [0.2, 0.25) is 0 Å². The summed E-state index contributed by atoms with van der Waals surface area (Å²) in [5.74, 6) is 0.730. The molecule has 0 radical (unpaired) electrons. The SMILES string of the molecule is O=C(O)CCCCCc1cc2c(cc1Cl)OCCCO2. The summed E-state index contributed by atoms with van der Waals surface area (Å²) in [6.45, 7) is 1.31. The van der Waals surface area contributed by atoms with Gasteiger partial charge in [-0.2, -0.15) is 0 Å². The van der Waals surface area contributed by atoms with E-state index in [0.29, 0.717) is 30.4 Å². The first kappa shape index (κ1) is 15.0. The second-order valence-corrected chi connectivity index (χ2v) is 5.30. The standard InChI is InChI=1S/C15H19ClO4/c16-12-10-14-13(19-7-4-8-20-14)9-11(12)5-2-1-3-6-15(17)18/h9-10H,1-8H2,(H,17,18). The third-order valence-corrected chi connectivity index (χ3v) is 3.61. The maximum atomic E-state index is 10.4. The highest BCUT2D eigenvalue weighted by atomic mass is 35.5. The van der Waals surface area contributed by atoms with E-state index in [-0.39, 0.29) is 6.42 Å². The lowest BCUT2D eigenvalue weighted by molar-refractivity contribution is -0.137. The molecule has 2 rings (SSSR count). The van der Waals surface area contributed by atoms with Crippen LogP contribution in [-0.2, 0) is 11.2 Å². The van der Waals surface area contributed by atoms with Crippen LogP contribution in [0.3, 0.4) is 0 Å². The van der Waals surface area contributed by atoms with Crippen LogP contribution in [0.4, 0.5) is 0 Å². The van der Waals surface area contributed by atoms with Crippen LogP contribution in [0.15, 0.2) is 12.1 Å². The molecule has 1 N–H and O–H groups in total. The van der Waals surface area contributed by atoms with Crippen LogP contribution in [0.1, 0.15) is 37.7 Å². The second kappa shape index (κ2) is 7.39. The number of aryl methyl sites for hydroxylation is 1. The minimum absolute atomic E-state index is 0.231. The summed E-state index contributed by atoms with van der Waals surface area (Å²) < 4.78 is 11.2. The van der Waals surface area contributed by atoms with Crippen molar-refractivity contribution in [2.24, 2.45) is 0 Å². The van der Waals surface area contributed by atoms with Crippen molar-refractivity contribution in [3.8, 4) is 11.5 Å². The van der Waals surface area contributed by atoms with Crippen LogP contribution in [0.25, 0.3) is 0 Å². The summed E-state index contributed by atoms with van der Waals surface area (Å²) in [6, 6.07) is 3.76. The van der Waals surface area contributed by atoms with Gasteiger partial charge >= 0.3 is 5.97 Å². The van der Waals surface area contributed by atoms with E-state index in [4.69, 9.17) is 26.2 Å². The molecule has 1 aliphatic rings. The number of carbonyl (C=O) groups is 1. The van der Waals surface area contributed by atoms with Crippen molar-refractivity contribution >= 4 is 17.6 Å². The largest absolute Gasteiger partial charge is 0.490 e. The molecule has 0 atom stereocenters. The van der Waals surface area contributed by atoms with E-state index in [1.165, 1.54) is 0 Å². The monoisotopic (exact) mass is 298 g/mol. The fourth-order valence-electron chi connectivity index (χ4n) is 2.19. The fourth-order valence-corrected chi connectivity index (χ4v) is 2.43. The molecule has 0 fully saturated rings. The molecule has 20 heavy (non-hydrogen) atoms. The molecule has 0 amide bonds. The first-order valence-corrected chi connectivity index (χ1v) is 7.34. The molecule has 5 heteroatoms. The number of hydrogen-bond donors (Lipinski definition) is 1. The molecule has 1 aromatic rings. The number of unbranched alkanes of at least 4 members (excludes halogenated alkanes) is 2. The van der Waals surface area contributed by atoms with Crippen LogP contribution in [0.2, 0.25) is 5.02 Å². The Morgan fingerprint density at radius 3 is 2.55 bits per heavy atom. The van der Waals surface area contributed by atoms with Crippen molar-refractivity contribution in [1.29, 1.82) is 0 Å². The third-order valence-electron chi connectivity index (χ3n) is 3.25. The van der Waals surface area contributed by atoms with Gasteiger partial charge in [-0.15, -0.1) is 0 Å². The van der Waals surface area contributed by atoms with Crippen LogP contribution in [0, 0.1) is 0 Å². The lowest BCUT2D eigenvalue weighted by Gasteiger charge is -2.11. The Bertz CT molecular complexity index is 473. The number of carboxylic acids is 1. The Kier molecular flexibility index (Phi) is 5.53. The highest BCUT2D eigenvalue weighted by molar-refractivity contribution is 6.31. The van der Waals surface area contributed by atoms with Crippen LogP contribution in [-0.4, -0.2) is 24.3 Å². The van der Waals surface area contributed by atoms with Crippen LogP contribution >= 0.6 is 11.6 Å². The normalized spacial score (nSPS) is 13.8. The van der Waals surface area contributed by atoms with Gasteiger partial charge in [0.15, 0.2) is 11.5 Å². The highest BCUT2D eigenvalue weighted by Crippen LogP contribution is 2.35. The fraction of sp³-hybridized carbons (Fsp3) is 0.533. The summed E-state index contributed by atoms with van der Waals surface area (Å²) in [5, 5.41) is 9.27. The zero-order valence-electron chi connectivity index (χ0n) is 11.4. The Balaban J connectivity index is 1.91. The van der Waals surface area contributed by atoms with E-state index in [2.05, 4.69) is 0 Å². The molecule has 0 saturated heterocycles. The van der Waals surface area contributed by atoms with Gasteiger partial charge in [-0.25, -0.2) is 0 Å². The number of benzene rings is 1. The maximum Gasteiger partial charge on any atom is 0.303 e. The van der Waals surface area contributed by atoms with Crippen molar-refractivity contribution in [3.05, 3.63) is 22.7 Å². The van der Waals surface area contributed by atoms with Gasteiger partial charge in [0.25, 0.3) is 0 Å². The minimum atomic E-state index is -0.737. The molecule has 0 spiro atoms. The second-order valence-electron chi connectivity index (χ2n) is 4.90. The Hall–Kier alpha value is -1.42. The van der Waals surface area contributed by atoms with E-state index in [9.17, 15) is 4.79 Å². The Morgan fingerprint density at radius 2 is 1.85 bits per heavy atom. The van der Waals surface area contributed by atoms with Crippen LogP contribution in [0.5, 0.6) is 11.5 Å². The summed E-state index contributed by atoms with van der Waals surface area (Å²) >= 11 is 6.25. The van der Waals surface area contributed by atoms with Gasteiger partial charge in [-0.05, 0) is 30.9 Å². The summed E-state index contributed by atoms with van der Waals surface area (Å²) in [4.78, 5) is 10.4. The van der Waals surface area contributed by atoms with Crippen molar-refractivity contribution in [1.82, 2.24) is 0 Å². The number of halogens is 1. The number of aliphatic carboxylic acids is 1. The Labute approximate surface area is 123 Å². The molecular formula is C15H19ClO4. The van der Waals surface area contributed by atoms with E-state index in [1.807, 2.05) is 12.1 Å². The molecule has 1 aromatic carbocycles. The maximum absolute atomic E-state index is 10.4. The Morgan fingerprint density at radius 1 is 1.15 bits per heavy atom. The number of rotatable bonds is 6. The first-order valence-electron chi connectivity index (χ1n) is 6.96. The number of carboxylic acid groups (broad SMARTS) is 1. The highest BCUT2D eigenvalue weighted by Gasteiger charge is 2.13. The smallest absolute Gasteiger partial charge is 0.303 e. The summed E-state index contributed by atoms with van der Waals surface area (Å²) in [7, 11) is 0. The molecular weight excluding hydrogens is 280 g/mol. The van der Waals surface area contributed by atoms with Crippen molar-refractivity contribution < 1.29 is 19.4 Å². The van der Waals surface area contributed by atoms with Gasteiger partial charge in [-0.3, -0.25) is 4.79 Å². The average Bonchev–Trinajstić information content (AvgIpc) is 2.63. The van der Waals surface area contributed by atoms with Gasteiger partial charge in [0.05, 0.1) is 13.2 Å². The van der Waals surface area contributed by atoms with Crippen molar-refractivity contribution in [2.75, 3.05) is 13.2 Å². The quantitative estimate of drug-likeness (QED) is 0.814. The molecule has 1 aliphatic heterocycles. The lowest BCUT2D eigenvalue weighted by atomic mass is 10.1. The van der Waals surface area contributed by atoms with Crippen molar-refractivity contribution in [3.63, 3.8) is 0 Å². The molecule has 0 aliphatic carbocycles. The number of ether oxygens (including phenoxy) is 2. The van der Waals surface area contributed by atoms with E-state index in [1.54, 1.807) is 0 Å². The molecule has 0 bridgehead atoms. The van der Waals surface area contributed by atoms with Crippen molar-refractivity contribution in [2.45, 2.75) is 38.5 Å². The summed E-state index contributed by atoms with van der Waals surface area (Å²) in [5.41, 5.74) is 1.03. The van der Waals surface area contributed by atoms with E-state index < -0.39 is 5.97 Å². The molecule has 1 heterocycles. The minimum Gasteiger partial charge on any atom is -0.490 e. The van der Waals surface area contributed by atoms with Gasteiger partial charge in [0.1, 0.15) is 0 Å². The zero-order chi connectivity index (χ0) is 14.4. The number of hydrogen-bond acceptors (Lipinski definition) is 3. The molecule has 4 nitrogen and oxygen atoms in total. The van der Waals surface area contributed by atoms with Gasteiger partial charge < -0.3 is 14.6 Å².